The molecule has 1 aliphatic rings. The number of hydrogen-bond acceptors (Lipinski definition) is 5. The highest BCUT2D eigenvalue weighted by molar-refractivity contribution is 5.96. The van der Waals surface area contributed by atoms with Gasteiger partial charge in [0.25, 0.3) is 11.6 Å². The predicted octanol–water partition coefficient (Wildman–Crippen LogP) is 4.01. The van der Waals surface area contributed by atoms with Crippen molar-refractivity contribution in [1.29, 1.82) is 0 Å². The Morgan fingerprint density at radius 3 is 2.45 bits per heavy atom. The van der Waals surface area contributed by atoms with Gasteiger partial charge in [0.1, 0.15) is 5.69 Å². The van der Waals surface area contributed by atoms with E-state index in [0.717, 1.165) is 18.4 Å². The van der Waals surface area contributed by atoms with Crippen LogP contribution in [0.25, 0.3) is 0 Å². The second-order valence-corrected chi connectivity index (χ2v) is 7.13. The van der Waals surface area contributed by atoms with Crippen LogP contribution in [0, 0.1) is 10.1 Å². The molecule has 0 spiro atoms. The molecule has 0 radical (unpaired) electrons. The lowest BCUT2D eigenvalue weighted by atomic mass is 10.1. The monoisotopic (exact) mass is 396 g/mol. The molecule has 0 aliphatic heterocycles. The van der Waals surface area contributed by atoms with Gasteiger partial charge < -0.3 is 16.0 Å². The van der Waals surface area contributed by atoms with Crippen LogP contribution in [0.1, 0.15) is 55.1 Å². The van der Waals surface area contributed by atoms with Crippen molar-refractivity contribution in [2.75, 3.05) is 10.6 Å². The maximum Gasteiger partial charge on any atom is 0.293 e. The first kappa shape index (κ1) is 20.3. The van der Waals surface area contributed by atoms with Gasteiger partial charge in [-0.2, -0.15) is 0 Å². The van der Waals surface area contributed by atoms with E-state index in [2.05, 4.69) is 16.0 Å². The van der Waals surface area contributed by atoms with Crippen LogP contribution in [0.2, 0.25) is 0 Å². The maximum atomic E-state index is 12.6. The van der Waals surface area contributed by atoms with Crippen LogP contribution < -0.4 is 16.0 Å². The van der Waals surface area contributed by atoms with Gasteiger partial charge in [-0.1, -0.05) is 19.1 Å². The summed E-state index contributed by atoms with van der Waals surface area (Å²) in [6.07, 6.45) is 2.39. The maximum absolute atomic E-state index is 12.6. The molecule has 29 heavy (non-hydrogen) atoms. The van der Waals surface area contributed by atoms with Crippen molar-refractivity contribution in [3.63, 3.8) is 0 Å². The summed E-state index contributed by atoms with van der Waals surface area (Å²) in [5.41, 5.74) is 2.11. The first-order valence-corrected chi connectivity index (χ1v) is 9.63. The molecule has 0 aromatic heterocycles. The third kappa shape index (κ3) is 5.31. The van der Waals surface area contributed by atoms with Crippen LogP contribution in [-0.2, 0) is 4.79 Å². The van der Waals surface area contributed by atoms with Crippen molar-refractivity contribution in [3.8, 4) is 0 Å². The van der Waals surface area contributed by atoms with Crippen LogP contribution in [0.3, 0.4) is 0 Å². The highest BCUT2D eigenvalue weighted by atomic mass is 16.6. The number of amides is 2. The summed E-state index contributed by atoms with van der Waals surface area (Å²) in [4.78, 5) is 34.9. The van der Waals surface area contributed by atoms with Crippen molar-refractivity contribution in [2.24, 2.45) is 0 Å². The van der Waals surface area contributed by atoms with Gasteiger partial charge >= 0.3 is 0 Å². The number of carbonyl (C=O) groups is 2. The molecule has 1 fully saturated rings. The third-order valence-electron chi connectivity index (χ3n) is 4.76. The van der Waals surface area contributed by atoms with Gasteiger partial charge in [0.15, 0.2) is 0 Å². The summed E-state index contributed by atoms with van der Waals surface area (Å²) in [5.74, 6) is -0.456. The largest absolute Gasteiger partial charge is 0.377 e. The van der Waals surface area contributed by atoms with Gasteiger partial charge in [0.05, 0.1) is 11.0 Å². The molecule has 0 saturated heterocycles. The first-order chi connectivity index (χ1) is 13.9. The molecule has 8 heteroatoms. The molecule has 1 aliphatic carbocycles. The highest BCUT2D eigenvalue weighted by Crippen LogP contribution is 2.31. The van der Waals surface area contributed by atoms with Gasteiger partial charge in [-0.25, -0.2) is 0 Å². The topological polar surface area (TPSA) is 113 Å². The van der Waals surface area contributed by atoms with Gasteiger partial charge in [0.2, 0.25) is 5.91 Å². The fraction of sp³-hybridized carbons (Fsp3) is 0.333. The Bertz CT molecular complexity index is 923. The van der Waals surface area contributed by atoms with E-state index in [1.54, 1.807) is 31.2 Å². The zero-order valence-electron chi connectivity index (χ0n) is 16.4. The number of anilines is 2. The molecule has 2 aromatic carbocycles. The zero-order chi connectivity index (χ0) is 21.0. The molecule has 3 rings (SSSR count). The summed E-state index contributed by atoms with van der Waals surface area (Å²) in [7, 11) is 0. The van der Waals surface area contributed by atoms with E-state index in [-0.39, 0.29) is 35.1 Å². The van der Waals surface area contributed by atoms with Crippen LogP contribution in [0.4, 0.5) is 17.1 Å². The molecule has 0 bridgehead atoms. The number of rotatable bonds is 8. The number of benzene rings is 2. The average Bonchev–Trinajstić information content (AvgIpc) is 3.52. The Morgan fingerprint density at radius 1 is 1.17 bits per heavy atom. The summed E-state index contributed by atoms with van der Waals surface area (Å²) in [6.45, 7) is 3.61. The van der Waals surface area contributed by atoms with Crippen LogP contribution in [0.15, 0.2) is 42.5 Å². The molecule has 8 nitrogen and oxygen atoms in total. The Labute approximate surface area is 168 Å². The Balaban J connectivity index is 1.68. The number of hydrogen-bond donors (Lipinski definition) is 3. The summed E-state index contributed by atoms with van der Waals surface area (Å²) >= 11 is 0. The molecule has 2 aromatic rings. The van der Waals surface area contributed by atoms with E-state index < -0.39 is 4.92 Å². The van der Waals surface area contributed by atoms with E-state index in [1.807, 2.05) is 19.1 Å². The smallest absolute Gasteiger partial charge is 0.293 e. The van der Waals surface area contributed by atoms with E-state index in [1.165, 1.54) is 6.07 Å². The molecule has 1 unspecified atom stereocenters. The standard InChI is InChI=1S/C21H24N4O4/c1-3-20(26)24-17-7-4-14(5-8-17)13(2)22-21(27)15-6-11-18(23-16-9-10-16)19(12-15)25(28)29/h4-8,11-13,16,23H,3,9-10H2,1-2H3,(H,22,27)(H,24,26). The van der Waals surface area contributed by atoms with E-state index in [4.69, 9.17) is 0 Å². The van der Waals surface area contributed by atoms with Gasteiger partial charge in [-0.15, -0.1) is 0 Å². The fourth-order valence-corrected chi connectivity index (χ4v) is 2.86. The zero-order valence-corrected chi connectivity index (χ0v) is 16.4. The molecule has 0 heterocycles. The molecule has 152 valence electrons. The molecule has 1 atom stereocenters. The quantitative estimate of drug-likeness (QED) is 0.461. The predicted molar refractivity (Wildman–Crippen MR) is 111 cm³/mol. The fourth-order valence-electron chi connectivity index (χ4n) is 2.86. The van der Waals surface area contributed by atoms with E-state index in [0.29, 0.717) is 17.8 Å². The number of nitrogens with zero attached hydrogens (tertiary/aromatic N) is 1. The molecular weight excluding hydrogens is 372 g/mol. The highest BCUT2D eigenvalue weighted by Gasteiger charge is 2.25. The van der Waals surface area contributed by atoms with Crippen molar-refractivity contribution in [3.05, 3.63) is 63.7 Å². The number of nitro benzene ring substituents is 1. The van der Waals surface area contributed by atoms with Gasteiger partial charge in [-0.3, -0.25) is 19.7 Å². The minimum absolute atomic E-state index is 0.0692. The number of nitrogens with one attached hydrogen (secondary N) is 3. The Morgan fingerprint density at radius 2 is 1.86 bits per heavy atom. The van der Waals surface area contributed by atoms with Crippen molar-refractivity contribution >= 4 is 28.9 Å². The third-order valence-corrected chi connectivity index (χ3v) is 4.76. The van der Waals surface area contributed by atoms with Crippen molar-refractivity contribution in [1.82, 2.24) is 5.32 Å². The SMILES string of the molecule is CCC(=O)Nc1ccc(C(C)NC(=O)c2ccc(NC3CC3)c([N+](=O)[O-])c2)cc1. The second kappa shape index (κ2) is 8.72. The van der Waals surface area contributed by atoms with Crippen LogP contribution >= 0.6 is 0 Å². The van der Waals surface area contributed by atoms with Gasteiger partial charge in [0, 0.05) is 29.8 Å². The lowest BCUT2D eigenvalue weighted by Gasteiger charge is -2.15. The minimum atomic E-state index is -0.478. The molecule has 2 amide bonds. The minimum Gasteiger partial charge on any atom is -0.377 e. The van der Waals surface area contributed by atoms with E-state index in [9.17, 15) is 19.7 Å². The lowest BCUT2D eigenvalue weighted by Crippen LogP contribution is -2.26. The van der Waals surface area contributed by atoms with Crippen molar-refractivity contribution < 1.29 is 14.5 Å². The molecular formula is C21H24N4O4. The number of nitro groups is 1. The number of carbonyl (C=O) groups excluding carboxylic acids is 2. The van der Waals surface area contributed by atoms with Crippen molar-refractivity contribution in [2.45, 2.75) is 45.2 Å². The normalized spacial score (nSPS) is 14.0. The van der Waals surface area contributed by atoms with Crippen LogP contribution in [0.5, 0.6) is 0 Å². The Kier molecular flexibility index (Phi) is 6.11. The Hall–Kier alpha value is -3.42. The second-order valence-electron chi connectivity index (χ2n) is 7.13. The van der Waals surface area contributed by atoms with Crippen LogP contribution in [-0.4, -0.2) is 22.8 Å². The lowest BCUT2D eigenvalue weighted by molar-refractivity contribution is -0.384. The van der Waals surface area contributed by atoms with E-state index >= 15 is 0 Å². The molecule has 1 saturated carbocycles. The average molecular weight is 396 g/mol. The first-order valence-electron chi connectivity index (χ1n) is 9.63. The molecule has 3 N–H and O–H groups in total. The van der Waals surface area contributed by atoms with Gasteiger partial charge in [-0.05, 0) is 49.6 Å². The summed E-state index contributed by atoms with van der Waals surface area (Å²) < 4.78 is 0. The summed E-state index contributed by atoms with van der Waals surface area (Å²) in [6, 6.07) is 11.6. The summed E-state index contributed by atoms with van der Waals surface area (Å²) in [5, 5.41) is 20.1.